The first-order chi connectivity index (χ1) is 12.7. The maximum absolute atomic E-state index is 2.43. The van der Waals surface area contributed by atoms with Crippen molar-refractivity contribution >= 4 is 42.8 Å². The van der Waals surface area contributed by atoms with E-state index in [0.29, 0.717) is 0 Å². The van der Waals surface area contributed by atoms with Gasteiger partial charge in [0.1, 0.15) is 0 Å². The highest BCUT2D eigenvalue weighted by Crippen LogP contribution is 2.57. The van der Waals surface area contributed by atoms with E-state index in [-0.39, 0.29) is 0 Å². The van der Waals surface area contributed by atoms with Crippen LogP contribution in [0, 0.1) is 13.8 Å². The minimum absolute atomic E-state index is 0.800. The zero-order valence-corrected chi connectivity index (χ0v) is 16.9. The zero-order chi connectivity index (χ0) is 17.4. The maximum atomic E-state index is 2.43. The molecule has 2 saturated carbocycles. The Morgan fingerprint density at radius 2 is 1.08 bits per heavy atom. The summed E-state index contributed by atoms with van der Waals surface area (Å²) in [5.74, 6) is 1.60. The molecule has 2 aliphatic carbocycles. The van der Waals surface area contributed by atoms with E-state index >= 15 is 0 Å². The highest BCUT2D eigenvalue weighted by atomic mass is 32.1. The van der Waals surface area contributed by atoms with Gasteiger partial charge in [-0.2, -0.15) is 0 Å². The fourth-order valence-corrected chi connectivity index (χ4v) is 6.96. The number of rotatable bonds is 3. The van der Waals surface area contributed by atoms with Gasteiger partial charge in [0.2, 0.25) is 0 Å². The number of aryl methyl sites for hydroxylation is 2. The third-order valence-corrected chi connectivity index (χ3v) is 8.55. The van der Waals surface area contributed by atoms with Gasteiger partial charge >= 0.3 is 0 Å². The molecule has 2 aromatic carbocycles. The summed E-state index contributed by atoms with van der Waals surface area (Å²) in [5.41, 5.74) is 5.94. The summed E-state index contributed by atoms with van der Waals surface area (Å²) in [5, 5.41) is 3.00. The van der Waals surface area contributed by atoms with Crippen molar-refractivity contribution in [3.05, 3.63) is 57.3 Å². The van der Waals surface area contributed by atoms with E-state index < -0.39 is 0 Å². The fraction of sp³-hybridized carbons (Fsp3) is 0.333. The van der Waals surface area contributed by atoms with Crippen molar-refractivity contribution in [1.82, 2.24) is 0 Å². The Morgan fingerprint density at radius 3 is 1.46 bits per heavy atom. The van der Waals surface area contributed by atoms with Crippen molar-refractivity contribution in [2.45, 2.75) is 51.4 Å². The lowest BCUT2D eigenvalue weighted by Gasteiger charge is -2.08. The van der Waals surface area contributed by atoms with Crippen LogP contribution in [0.4, 0.5) is 0 Å². The van der Waals surface area contributed by atoms with Crippen molar-refractivity contribution in [2.75, 3.05) is 0 Å². The minimum atomic E-state index is 0.800. The average Bonchev–Trinajstić information content (AvgIpc) is 3.55. The largest absolute Gasteiger partial charge is 0.139 e. The molecule has 0 amide bonds. The van der Waals surface area contributed by atoms with Gasteiger partial charge in [0.05, 0.1) is 0 Å². The summed E-state index contributed by atoms with van der Waals surface area (Å²) in [6, 6.07) is 14.1. The second kappa shape index (κ2) is 5.43. The van der Waals surface area contributed by atoms with Crippen molar-refractivity contribution < 1.29 is 0 Å². The van der Waals surface area contributed by atoms with Crippen LogP contribution in [0.1, 0.15) is 58.4 Å². The second-order valence-corrected chi connectivity index (χ2v) is 10.4. The van der Waals surface area contributed by atoms with Crippen LogP contribution in [-0.4, -0.2) is 0 Å². The van der Waals surface area contributed by atoms with E-state index in [9.17, 15) is 0 Å². The number of hydrogen-bond acceptors (Lipinski definition) is 2. The summed E-state index contributed by atoms with van der Waals surface area (Å²) >= 11 is 4.12. The molecular formula is C24H22S2. The standard InChI is InChI=1S/C24H22S2/c1-13-3-9-19-17(11-13)21(23(25-19)15-5-6-15)22-18-12-14(2)4-10-20(18)26-24(22)16-7-8-16/h3-4,9-12,15-16H,5-8H2,1-2H3. The first-order valence-electron chi connectivity index (χ1n) is 9.75. The monoisotopic (exact) mass is 374 g/mol. The Labute approximate surface area is 162 Å². The van der Waals surface area contributed by atoms with E-state index in [2.05, 4.69) is 72.9 Å². The summed E-state index contributed by atoms with van der Waals surface area (Å²) in [7, 11) is 0. The van der Waals surface area contributed by atoms with Gasteiger partial charge in [-0.3, -0.25) is 0 Å². The van der Waals surface area contributed by atoms with E-state index in [1.807, 2.05) is 0 Å². The highest BCUT2D eigenvalue weighted by Gasteiger charge is 2.35. The lowest BCUT2D eigenvalue weighted by atomic mass is 9.95. The van der Waals surface area contributed by atoms with Crippen LogP contribution in [0.3, 0.4) is 0 Å². The third kappa shape index (κ3) is 2.32. The zero-order valence-electron chi connectivity index (χ0n) is 15.3. The van der Waals surface area contributed by atoms with Crippen LogP contribution in [0.5, 0.6) is 0 Å². The van der Waals surface area contributed by atoms with E-state index in [1.165, 1.54) is 57.0 Å². The lowest BCUT2D eigenvalue weighted by molar-refractivity contribution is 1.17. The number of thiophene rings is 2. The molecule has 0 atom stereocenters. The van der Waals surface area contributed by atoms with Crippen LogP contribution < -0.4 is 0 Å². The van der Waals surface area contributed by atoms with Crippen LogP contribution in [0.15, 0.2) is 36.4 Å². The van der Waals surface area contributed by atoms with Crippen LogP contribution in [0.25, 0.3) is 31.3 Å². The molecule has 26 heavy (non-hydrogen) atoms. The fourth-order valence-electron chi connectivity index (χ4n) is 4.24. The van der Waals surface area contributed by atoms with Crippen molar-refractivity contribution in [3.63, 3.8) is 0 Å². The van der Waals surface area contributed by atoms with Crippen molar-refractivity contribution in [1.29, 1.82) is 0 Å². The molecule has 2 aliphatic rings. The molecule has 0 N–H and O–H groups in total. The Hall–Kier alpha value is -1.64. The summed E-state index contributed by atoms with van der Waals surface area (Å²) < 4.78 is 2.95. The molecule has 2 fully saturated rings. The molecule has 0 nitrogen and oxygen atoms in total. The Balaban J connectivity index is 1.75. The summed E-state index contributed by atoms with van der Waals surface area (Å²) in [6.45, 7) is 4.46. The molecule has 0 aliphatic heterocycles. The predicted octanol–water partition coefficient (Wildman–Crippen LogP) is 8.15. The molecule has 130 valence electrons. The molecule has 2 heteroatoms. The van der Waals surface area contributed by atoms with Gasteiger partial charge in [-0.1, -0.05) is 23.3 Å². The van der Waals surface area contributed by atoms with Gasteiger partial charge in [0.25, 0.3) is 0 Å². The molecule has 0 unspecified atom stereocenters. The SMILES string of the molecule is Cc1ccc2sc(C3CC3)c(-c3c(C4CC4)sc4ccc(C)cc34)c2c1. The van der Waals surface area contributed by atoms with Crippen LogP contribution >= 0.6 is 22.7 Å². The van der Waals surface area contributed by atoms with Crippen LogP contribution in [-0.2, 0) is 0 Å². The van der Waals surface area contributed by atoms with E-state index in [4.69, 9.17) is 0 Å². The van der Waals surface area contributed by atoms with Crippen LogP contribution in [0.2, 0.25) is 0 Å². The predicted molar refractivity (Wildman–Crippen MR) is 116 cm³/mol. The quantitative estimate of drug-likeness (QED) is 0.339. The van der Waals surface area contributed by atoms with Gasteiger partial charge < -0.3 is 0 Å². The molecule has 0 saturated heterocycles. The Bertz CT molecular complexity index is 1070. The number of benzene rings is 2. The third-order valence-electron chi connectivity index (χ3n) is 5.89. The van der Waals surface area contributed by atoms with Gasteiger partial charge in [0, 0.05) is 41.1 Å². The van der Waals surface area contributed by atoms with Gasteiger partial charge in [-0.05, 0) is 75.6 Å². The van der Waals surface area contributed by atoms with Gasteiger partial charge in [-0.15, -0.1) is 22.7 Å². The number of hydrogen-bond donors (Lipinski definition) is 0. The maximum Gasteiger partial charge on any atom is 0.0352 e. The smallest absolute Gasteiger partial charge is 0.0352 e. The van der Waals surface area contributed by atoms with Gasteiger partial charge in [-0.25, -0.2) is 0 Å². The second-order valence-electron chi connectivity index (χ2n) is 8.23. The van der Waals surface area contributed by atoms with Gasteiger partial charge in [0.15, 0.2) is 0 Å². The molecule has 0 radical (unpaired) electrons. The first kappa shape index (κ1) is 15.4. The Kier molecular flexibility index (Phi) is 3.22. The topological polar surface area (TPSA) is 0 Å². The molecule has 4 aromatic rings. The van der Waals surface area contributed by atoms with Crippen molar-refractivity contribution in [3.8, 4) is 11.1 Å². The molecular weight excluding hydrogens is 352 g/mol. The molecule has 2 heterocycles. The summed E-state index contributed by atoms with van der Waals surface area (Å²) in [6.07, 6.45) is 5.49. The molecule has 0 bridgehead atoms. The number of fused-ring (bicyclic) bond motifs is 2. The molecule has 2 aromatic heterocycles. The average molecular weight is 375 g/mol. The first-order valence-corrected chi connectivity index (χ1v) is 11.4. The van der Waals surface area contributed by atoms with E-state index in [1.54, 1.807) is 20.9 Å². The van der Waals surface area contributed by atoms with Crippen molar-refractivity contribution in [2.24, 2.45) is 0 Å². The van der Waals surface area contributed by atoms with E-state index in [0.717, 1.165) is 11.8 Å². The molecule has 0 spiro atoms. The minimum Gasteiger partial charge on any atom is -0.139 e. The highest BCUT2D eigenvalue weighted by molar-refractivity contribution is 7.21. The summed E-state index contributed by atoms with van der Waals surface area (Å²) in [4.78, 5) is 3.32. The normalized spacial score (nSPS) is 17.5. The lowest BCUT2D eigenvalue weighted by Crippen LogP contribution is -1.86. The molecule has 6 rings (SSSR count). The Morgan fingerprint density at radius 1 is 0.654 bits per heavy atom.